The number of likely N-dealkylation sites (N-methyl/N-ethyl adjacent to an activating group) is 1. The molecule has 4 nitrogen and oxygen atoms in total. The lowest BCUT2D eigenvalue weighted by Gasteiger charge is -2.26. The Morgan fingerprint density at radius 2 is 2.32 bits per heavy atom. The van der Waals surface area contributed by atoms with E-state index in [4.69, 9.17) is 4.74 Å². The van der Waals surface area contributed by atoms with E-state index in [0.29, 0.717) is 6.61 Å². The summed E-state index contributed by atoms with van der Waals surface area (Å²) in [6.45, 7) is 8.52. The molecule has 19 heavy (non-hydrogen) atoms. The zero-order chi connectivity index (χ0) is 13.8. The molecule has 0 fully saturated rings. The Morgan fingerprint density at radius 3 is 3.00 bits per heavy atom. The average molecular weight is 259 g/mol. The van der Waals surface area contributed by atoms with Gasteiger partial charge in [0, 0.05) is 25.4 Å². The summed E-state index contributed by atoms with van der Waals surface area (Å²) in [5.41, 5.74) is 3.20. The SMILES string of the molecule is CCN=C(C=C(C)C)c1cnc2c(c1)OCCN2C. The highest BCUT2D eigenvalue weighted by Gasteiger charge is 2.17. The van der Waals surface area contributed by atoms with E-state index in [1.807, 2.05) is 26.2 Å². The molecule has 0 aliphatic carbocycles. The smallest absolute Gasteiger partial charge is 0.171 e. The van der Waals surface area contributed by atoms with Gasteiger partial charge in [0.2, 0.25) is 0 Å². The van der Waals surface area contributed by atoms with Gasteiger partial charge in [-0.1, -0.05) is 5.57 Å². The zero-order valence-electron chi connectivity index (χ0n) is 12.1. The maximum absolute atomic E-state index is 5.69. The van der Waals surface area contributed by atoms with Gasteiger partial charge in [0.05, 0.1) is 12.3 Å². The molecule has 0 bridgehead atoms. The van der Waals surface area contributed by atoms with Gasteiger partial charge >= 0.3 is 0 Å². The van der Waals surface area contributed by atoms with Crippen molar-refractivity contribution in [1.29, 1.82) is 0 Å². The third kappa shape index (κ3) is 3.13. The largest absolute Gasteiger partial charge is 0.488 e. The first-order valence-electron chi connectivity index (χ1n) is 6.65. The summed E-state index contributed by atoms with van der Waals surface area (Å²) in [7, 11) is 2.03. The van der Waals surface area contributed by atoms with Crippen LogP contribution in [0.15, 0.2) is 28.9 Å². The zero-order valence-corrected chi connectivity index (χ0v) is 12.1. The molecule has 1 aromatic rings. The molecule has 0 saturated carbocycles. The number of anilines is 1. The van der Waals surface area contributed by atoms with Crippen molar-refractivity contribution in [3.05, 3.63) is 29.5 Å². The van der Waals surface area contributed by atoms with Crippen LogP contribution in [0.4, 0.5) is 5.82 Å². The highest BCUT2D eigenvalue weighted by molar-refractivity contribution is 6.09. The summed E-state index contributed by atoms with van der Waals surface area (Å²) in [6.07, 6.45) is 3.96. The lowest BCUT2D eigenvalue weighted by molar-refractivity contribution is 0.309. The summed E-state index contributed by atoms with van der Waals surface area (Å²) in [5.74, 6) is 1.75. The topological polar surface area (TPSA) is 37.7 Å². The van der Waals surface area contributed by atoms with Gasteiger partial charge in [-0.05, 0) is 32.9 Å². The Hall–Kier alpha value is -1.84. The fourth-order valence-electron chi connectivity index (χ4n) is 2.03. The normalized spacial score (nSPS) is 14.7. The van der Waals surface area contributed by atoms with Gasteiger partial charge in [0.25, 0.3) is 0 Å². The number of hydrogen-bond acceptors (Lipinski definition) is 4. The van der Waals surface area contributed by atoms with E-state index in [1.165, 1.54) is 5.57 Å². The van der Waals surface area contributed by atoms with Crippen molar-refractivity contribution < 1.29 is 4.74 Å². The maximum atomic E-state index is 5.69. The second-order valence-electron chi connectivity index (χ2n) is 4.90. The molecule has 0 amide bonds. The Morgan fingerprint density at radius 1 is 1.53 bits per heavy atom. The van der Waals surface area contributed by atoms with Crippen LogP contribution in [0.5, 0.6) is 5.75 Å². The lowest BCUT2D eigenvalue weighted by atomic mass is 10.1. The number of nitrogens with zero attached hydrogens (tertiary/aromatic N) is 3. The molecule has 0 unspecified atom stereocenters. The lowest BCUT2D eigenvalue weighted by Crippen LogP contribution is -2.29. The van der Waals surface area contributed by atoms with Gasteiger partial charge in [-0.15, -0.1) is 0 Å². The third-order valence-electron chi connectivity index (χ3n) is 2.93. The van der Waals surface area contributed by atoms with Crippen LogP contribution in [-0.2, 0) is 0 Å². The third-order valence-corrected chi connectivity index (χ3v) is 2.93. The molecule has 1 aromatic heterocycles. The minimum absolute atomic E-state index is 0.706. The van der Waals surface area contributed by atoms with Gasteiger partial charge in [-0.25, -0.2) is 4.98 Å². The second kappa shape index (κ2) is 5.87. The van der Waals surface area contributed by atoms with Crippen molar-refractivity contribution in [1.82, 2.24) is 4.98 Å². The molecule has 0 atom stereocenters. The van der Waals surface area contributed by atoms with Gasteiger partial charge in [0.15, 0.2) is 11.6 Å². The number of aromatic nitrogens is 1. The number of ether oxygens (including phenoxy) is 1. The fraction of sp³-hybridized carbons (Fsp3) is 0.467. The molecule has 2 rings (SSSR count). The maximum Gasteiger partial charge on any atom is 0.171 e. The van der Waals surface area contributed by atoms with Crippen molar-refractivity contribution >= 4 is 11.5 Å². The standard InChI is InChI=1S/C15H21N3O/c1-5-16-13(8-11(2)3)12-9-14-15(17-10-12)18(4)6-7-19-14/h8-10H,5-7H2,1-4H3. The Bertz CT molecular complexity index is 516. The molecule has 2 heterocycles. The van der Waals surface area contributed by atoms with Crippen molar-refractivity contribution in [2.45, 2.75) is 20.8 Å². The number of allylic oxidation sites excluding steroid dienone is 2. The van der Waals surface area contributed by atoms with Crippen LogP contribution in [0.25, 0.3) is 0 Å². The predicted molar refractivity (Wildman–Crippen MR) is 79.5 cm³/mol. The number of aliphatic imine (C=N–C) groups is 1. The van der Waals surface area contributed by atoms with E-state index in [2.05, 4.69) is 34.8 Å². The minimum Gasteiger partial charge on any atom is -0.488 e. The van der Waals surface area contributed by atoms with Crippen LogP contribution in [-0.4, -0.2) is 37.4 Å². The van der Waals surface area contributed by atoms with E-state index >= 15 is 0 Å². The molecule has 0 spiro atoms. The summed E-state index contributed by atoms with van der Waals surface area (Å²) in [6, 6.07) is 2.03. The molecule has 102 valence electrons. The van der Waals surface area contributed by atoms with E-state index in [1.54, 1.807) is 0 Å². The Balaban J connectivity index is 2.40. The minimum atomic E-state index is 0.706. The molecular formula is C15H21N3O. The molecular weight excluding hydrogens is 238 g/mol. The average Bonchev–Trinajstić information content (AvgIpc) is 2.37. The van der Waals surface area contributed by atoms with E-state index in [0.717, 1.165) is 35.9 Å². The molecule has 0 radical (unpaired) electrons. The highest BCUT2D eigenvalue weighted by atomic mass is 16.5. The van der Waals surface area contributed by atoms with Crippen molar-refractivity contribution in [2.24, 2.45) is 4.99 Å². The van der Waals surface area contributed by atoms with Crippen molar-refractivity contribution in [3.8, 4) is 5.75 Å². The van der Waals surface area contributed by atoms with Gasteiger partial charge in [-0.2, -0.15) is 0 Å². The van der Waals surface area contributed by atoms with Crippen LogP contribution in [0, 0.1) is 0 Å². The van der Waals surface area contributed by atoms with E-state index in [-0.39, 0.29) is 0 Å². The molecule has 0 saturated heterocycles. The van der Waals surface area contributed by atoms with Gasteiger partial charge in [-0.3, -0.25) is 4.99 Å². The van der Waals surface area contributed by atoms with Crippen LogP contribution < -0.4 is 9.64 Å². The number of rotatable bonds is 3. The molecule has 4 heteroatoms. The highest BCUT2D eigenvalue weighted by Crippen LogP contribution is 2.29. The first-order chi connectivity index (χ1) is 9.11. The summed E-state index contributed by atoms with van der Waals surface area (Å²) >= 11 is 0. The van der Waals surface area contributed by atoms with Crippen LogP contribution >= 0.6 is 0 Å². The summed E-state index contributed by atoms with van der Waals surface area (Å²) < 4.78 is 5.69. The Labute approximate surface area is 114 Å². The molecule has 0 N–H and O–H groups in total. The first kappa shape index (κ1) is 13.6. The van der Waals surface area contributed by atoms with Crippen molar-refractivity contribution in [2.75, 3.05) is 31.6 Å². The number of hydrogen-bond donors (Lipinski definition) is 0. The first-order valence-corrected chi connectivity index (χ1v) is 6.65. The van der Waals surface area contributed by atoms with Gasteiger partial charge in [0.1, 0.15) is 6.61 Å². The number of fused-ring (bicyclic) bond motifs is 1. The molecule has 1 aliphatic heterocycles. The fourth-order valence-corrected chi connectivity index (χ4v) is 2.03. The Kier molecular flexibility index (Phi) is 4.20. The quantitative estimate of drug-likeness (QED) is 0.783. The number of pyridine rings is 1. The summed E-state index contributed by atoms with van der Waals surface area (Å²) in [5, 5.41) is 0. The monoisotopic (exact) mass is 259 g/mol. The van der Waals surface area contributed by atoms with E-state index in [9.17, 15) is 0 Å². The van der Waals surface area contributed by atoms with Crippen LogP contribution in [0.3, 0.4) is 0 Å². The van der Waals surface area contributed by atoms with Crippen LogP contribution in [0.1, 0.15) is 26.3 Å². The molecule has 1 aliphatic rings. The van der Waals surface area contributed by atoms with E-state index < -0.39 is 0 Å². The van der Waals surface area contributed by atoms with Crippen molar-refractivity contribution in [3.63, 3.8) is 0 Å². The predicted octanol–water partition coefficient (Wildman–Crippen LogP) is 2.69. The van der Waals surface area contributed by atoms with Gasteiger partial charge < -0.3 is 9.64 Å². The molecule has 0 aromatic carbocycles. The summed E-state index contributed by atoms with van der Waals surface area (Å²) in [4.78, 5) is 11.1. The van der Waals surface area contributed by atoms with Crippen LogP contribution in [0.2, 0.25) is 0 Å². The second-order valence-corrected chi connectivity index (χ2v) is 4.90.